The lowest BCUT2D eigenvalue weighted by atomic mass is 10.0. The van der Waals surface area contributed by atoms with Crippen molar-refractivity contribution in [2.75, 3.05) is 6.61 Å². The van der Waals surface area contributed by atoms with E-state index in [1.807, 2.05) is 0 Å². The van der Waals surface area contributed by atoms with Gasteiger partial charge in [0, 0.05) is 25.4 Å². The van der Waals surface area contributed by atoms with E-state index in [0.29, 0.717) is 0 Å². The van der Waals surface area contributed by atoms with Crippen molar-refractivity contribution in [3.63, 3.8) is 0 Å². The molecular weight excluding hydrogens is 348 g/mol. The molecule has 138 valence electrons. The van der Waals surface area contributed by atoms with Crippen molar-refractivity contribution in [2.24, 2.45) is 7.05 Å². The molecule has 0 saturated carbocycles. The van der Waals surface area contributed by atoms with E-state index in [-0.39, 0.29) is 22.5 Å². The van der Waals surface area contributed by atoms with Gasteiger partial charge in [-0.15, -0.1) is 0 Å². The zero-order valence-corrected chi connectivity index (χ0v) is 13.6. The molecule has 1 aromatic carbocycles. The lowest BCUT2D eigenvalue weighted by molar-refractivity contribution is -0.384. The minimum absolute atomic E-state index is 0.176. The Morgan fingerprint density at radius 2 is 1.96 bits per heavy atom. The first-order valence-electron chi connectivity index (χ1n) is 7.35. The van der Waals surface area contributed by atoms with Crippen molar-refractivity contribution < 1.29 is 29.8 Å². The van der Waals surface area contributed by atoms with E-state index in [9.17, 15) is 29.9 Å². The van der Waals surface area contributed by atoms with Gasteiger partial charge in [-0.05, 0) is 17.7 Å². The van der Waals surface area contributed by atoms with Crippen LogP contribution >= 0.6 is 0 Å². The molecule has 0 aliphatic carbocycles. The number of aliphatic hydroxyl groups excluding tert-OH is 2. The molecule has 26 heavy (non-hydrogen) atoms. The lowest BCUT2D eigenvalue weighted by Gasteiger charge is -2.22. The molecule has 1 aromatic heterocycles. The summed E-state index contributed by atoms with van der Waals surface area (Å²) in [7, 11) is 1.44. The Bertz CT molecular complexity index is 831. The first-order chi connectivity index (χ1) is 12.2. The third kappa shape index (κ3) is 4.02. The number of carboxylic acids is 1. The van der Waals surface area contributed by atoms with Gasteiger partial charge < -0.3 is 20.6 Å². The fourth-order valence-corrected chi connectivity index (χ4v) is 2.30. The number of aryl methyl sites for hydroxylation is 1. The number of hydrogen-bond donors (Lipinski definition) is 4. The minimum Gasteiger partial charge on any atom is -0.478 e. The normalized spacial score (nSPS) is 13.0. The second kappa shape index (κ2) is 7.72. The average Bonchev–Trinajstić information content (AvgIpc) is 3.01. The summed E-state index contributed by atoms with van der Waals surface area (Å²) < 4.78 is 1.15. The number of nitrogens with one attached hydrogen (secondary N) is 1. The van der Waals surface area contributed by atoms with Crippen molar-refractivity contribution >= 4 is 17.6 Å². The number of carbonyl (C=O) groups excluding carboxylic acids is 1. The highest BCUT2D eigenvalue weighted by atomic mass is 16.6. The van der Waals surface area contributed by atoms with Crippen LogP contribution in [0.3, 0.4) is 0 Å². The molecule has 1 amide bonds. The quantitative estimate of drug-likeness (QED) is 0.388. The molecule has 0 bridgehead atoms. The van der Waals surface area contributed by atoms with Gasteiger partial charge in [0.2, 0.25) is 0 Å². The number of benzene rings is 1. The van der Waals surface area contributed by atoms with Crippen LogP contribution in [0.5, 0.6) is 0 Å². The van der Waals surface area contributed by atoms with Crippen LogP contribution in [-0.2, 0) is 7.05 Å². The number of nitrogens with zero attached hydrogens (tertiary/aromatic N) is 3. The standard InChI is InChI=1S/C15H16N4O7/c1-18-6-10(15(23)24)12(17-18)14(22)16-11(7-20)13(21)8-2-4-9(5-3-8)19(25)26/h2-6,11,13,20-21H,7H2,1H3,(H,16,22)(H,23,24)/t11-,13-/m1/s1. The van der Waals surface area contributed by atoms with Crippen LogP contribution in [-0.4, -0.2) is 54.5 Å². The summed E-state index contributed by atoms with van der Waals surface area (Å²) in [6.45, 7) is -0.654. The largest absolute Gasteiger partial charge is 0.478 e. The smallest absolute Gasteiger partial charge is 0.339 e. The van der Waals surface area contributed by atoms with E-state index in [0.717, 1.165) is 10.9 Å². The predicted octanol–water partition coefficient (Wildman–Crippen LogP) is -0.149. The van der Waals surface area contributed by atoms with E-state index < -0.39 is 35.6 Å². The fraction of sp³-hybridized carbons (Fsp3) is 0.267. The highest BCUT2D eigenvalue weighted by Gasteiger charge is 2.27. The van der Waals surface area contributed by atoms with Crippen molar-refractivity contribution in [1.82, 2.24) is 15.1 Å². The highest BCUT2D eigenvalue weighted by molar-refractivity contribution is 6.03. The number of carbonyl (C=O) groups is 2. The Kier molecular flexibility index (Phi) is 5.64. The average molecular weight is 364 g/mol. The maximum Gasteiger partial charge on any atom is 0.339 e. The molecule has 0 saturated heterocycles. The Hall–Kier alpha value is -3.31. The first kappa shape index (κ1) is 19.0. The Morgan fingerprint density at radius 3 is 2.46 bits per heavy atom. The monoisotopic (exact) mass is 364 g/mol. The summed E-state index contributed by atoms with van der Waals surface area (Å²) in [5.74, 6) is -2.23. The van der Waals surface area contributed by atoms with Gasteiger partial charge in [0.1, 0.15) is 11.7 Å². The number of non-ortho nitro benzene ring substituents is 1. The van der Waals surface area contributed by atoms with E-state index >= 15 is 0 Å². The Balaban J connectivity index is 2.19. The van der Waals surface area contributed by atoms with E-state index in [4.69, 9.17) is 5.11 Å². The summed E-state index contributed by atoms with van der Waals surface area (Å²) in [5, 5.41) is 45.6. The Morgan fingerprint density at radius 1 is 1.35 bits per heavy atom. The van der Waals surface area contributed by atoms with Gasteiger partial charge in [-0.2, -0.15) is 5.10 Å². The molecule has 0 aliphatic heterocycles. The van der Waals surface area contributed by atoms with Crippen LogP contribution in [0.1, 0.15) is 32.5 Å². The SMILES string of the molecule is Cn1cc(C(=O)O)c(C(=O)N[C@H](CO)[C@H](O)c2ccc([N+](=O)[O-])cc2)n1. The zero-order chi connectivity index (χ0) is 19.4. The zero-order valence-electron chi connectivity index (χ0n) is 13.6. The third-order valence-electron chi connectivity index (χ3n) is 3.61. The molecule has 2 aromatic rings. The molecule has 0 radical (unpaired) electrons. The van der Waals surface area contributed by atoms with Gasteiger partial charge in [0.05, 0.1) is 17.6 Å². The number of hydrogen-bond acceptors (Lipinski definition) is 7. The second-order valence-corrected chi connectivity index (χ2v) is 5.43. The van der Waals surface area contributed by atoms with Gasteiger partial charge in [-0.3, -0.25) is 19.6 Å². The number of rotatable bonds is 7. The van der Waals surface area contributed by atoms with Gasteiger partial charge in [-0.1, -0.05) is 0 Å². The fourth-order valence-electron chi connectivity index (χ4n) is 2.30. The summed E-state index contributed by atoms with van der Waals surface area (Å²) in [6.07, 6.45) is -0.223. The van der Waals surface area contributed by atoms with E-state index in [1.54, 1.807) is 0 Å². The molecule has 2 rings (SSSR count). The summed E-state index contributed by atoms with van der Waals surface area (Å²) >= 11 is 0. The maximum atomic E-state index is 12.3. The molecular formula is C15H16N4O7. The number of carboxylic acid groups (broad SMARTS) is 1. The van der Waals surface area contributed by atoms with Crippen LogP contribution in [0.15, 0.2) is 30.5 Å². The molecule has 2 atom stereocenters. The minimum atomic E-state index is -1.37. The van der Waals surface area contributed by atoms with Crippen molar-refractivity contribution in [3.8, 4) is 0 Å². The number of aromatic carboxylic acids is 1. The topological polar surface area (TPSA) is 168 Å². The van der Waals surface area contributed by atoms with Crippen molar-refractivity contribution in [3.05, 3.63) is 57.4 Å². The predicted molar refractivity (Wildman–Crippen MR) is 86.6 cm³/mol. The van der Waals surface area contributed by atoms with Crippen LogP contribution in [0.25, 0.3) is 0 Å². The van der Waals surface area contributed by atoms with Crippen LogP contribution < -0.4 is 5.32 Å². The van der Waals surface area contributed by atoms with E-state index in [1.165, 1.54) is 31.3 Å². The Labute approximate surface area is 146 Å². The van der Waals surface area contributed by atoms with E-state index in [2.05, 4.69) is 10.4 Å². The van der Waals surface area contributed by atoms with Crippen LogP contribution in [0.2, 0.25) is 0 Å². The second-order valence-electron chi connectivity index (χ2n) is 5.43. The van der Waals surface area contributed by atoms with Gasteiger partial charge in [0.25, 0.3) is 11.6 Å². The summed E-state index contributed by atoms with van der Waals surface area (Å²) in [5.41, 5.74) is -0.639. The molecule has 11 nitrogen and oxygen atoms in total. The highest BCUT2D eigenvalue weighted by Crippen LogP contribution is 2.21. The number of nitro benzene ring substituents is 1. The molecule has 0 spiro atoms. The van der Waals surface area contributed by atoms with Gasteiger partial charge in [-0.25, -0.2) is 4.79 Å². The maximum absolute atomic E-state index is 12.3. The molecule has 1 heterocycles. The van der Waals surface area contributed by atoms with Gasteiger partial charge in [0.15, 0.2) is 5.69 Å². The third-order valence-corrected chi connectivity index (χ3v) is 3.61. The van der Waals surface area contributed by atoms with Gasteiger partial charge >= 0.3 is 5.97 Å². The summed E-state index contributed by atoms with van der Waals surface area (Å²) in [4.78, 5) is 33.5. The number of amides is 1. The van der Waals surface area contributed by atoms with Crippen LogP contribution in [0, 0.1) is 10.1 Å². The number of aromatic nitrogens is 2. The first-order valence-corrected chi connectivity index (χ1v) is 7.35. The number of nitro groups is 1. The molecule has 4 N–H and O–H groups in total. The molecule has 0 unspecified atom stereocenters. The van der Waals surface area contributed by atoms with Crippen molar-refractivity contribution in [2.45, 2.75) is 12.1 Å². The number of aliphatic hydroxyl groups is 2. The molecule has 11 heteroatoms. The molecule has 0 fully saturated rings. The lowest BCUT2D eigenvalue weighted by Crippen LogP contribution is -2.42. The van der Waals surface area contributed by atoms with Crippen LogP contribution in [0.4, 0.5) is 5.69 Å². The molecule has 0 aliphatic rings. The van der Waals surface area contributed by atoms with Crippen molar-refractivity contribution in [1.29, 1.82) is 0 Å². The summed E-state index contributed by atoms with van der Waals surface area (Å²) in [6, 6.07) is 3.77.